The molecule has 1 aromatic heterocycles. The normalized spacial score (nSPS) is 21.2. The minimum Gasteiger partial charge on any atom is -0.449 e. The van der Waals surface area contributed by atoms with Crippen LogP contribution in [0.5, 0.6) is 0 Å². The van der Waals surface area contributed by atoms with E-state index in [1.807, 2.05) is 6.92 Å². The lowest BCUT2D eigenvalue weighted by molar-refractivity contribution is -0.138. The first-order valence-electron chi connectivity index (χ1n) is 9.18. The Balaban J connectivity index is 1.38. The lowest BCUT2D eigenvalue weighted by Crippen LogP contribution is -2.46. The molecule has 0 bridgehead atoms. The average Bonchev–Trinajstić information content (AvgIpc) is 3.05. The molecule has 4 rings (SSSR count). The molecule has 1 atom stereocenters. The summed E-state index contributed by atoms with van der Waals surface area (Å²) in [6.45, 7) is 6.08. The molecule has 0 N–H and O–H groups in total. The number of aromatic nitrogens is 1. The van der Waals surface area contributed by atoms with Crippen LogP contribution in [0.3, 0.4) is 0 Å². The number of amides is 1. The number of carbonyl (C=O) groups excluding carboxylic acids is 1. The minimum absolute atomic E-state index is 0.104. The van der Waals surface area contributed by atoms with Gasteiger partial charge in [0.15, 0.2) is 5.89 Å². The molecule has 0 radical (unpaired) electrons. The first-order valence-corrected chi connectivity index (χ1v) is 9.18. The van der Waals surface area contributed by atoms with Gasteiger partial charge >= 0.3 is 0 Å². The Morgan fingerprint density at radius 3 is 2.92 bits per heavy atom. The van der Waals surface area contributed by atoms with Crippen molar-refractivity contribution in [2.24, 2.45) is 5.92 Å². The third-order valence-corrected chi connectivity index (χ3v) is 5.35. The number of hydrogen-bond donors (Lipinski definition) is 0. The predicted molar refractivity (Wildman–Crippen MR) is 94.8 cm³/mol. The molecule has 1 fully saturated rings. The van der Waals surface area contributed by atoms with Crippen molar-refractivity contribution < 1.29 is 9.21 Å². The van der Waals surface area contributed by atoms with Crippen molar-refractivity contribution >= 4 is 5.91 Å². The van der Waals surface area contributed by atoms with Crippen molar-refractivity contribution in [2.45, 2.75) is 39.3 Å². The van der Waals surface area contributed by atoms with Crippen LogP contribution in [0.15, 0.2) is 34.9 Å². The number of aryl methyl sites for hydroxylation is 1. The molecule has 1 unspecified atom stereocenters. The maximum atomic E-state index is 13.0. The highest BCUT2D eigenvalue weighted by Gasteiger charge is 2.31. The molecule has 1 amide bonds. The molecule has 2 aromatic rings. The van der Waals surface area contributed by atoms with E-state index in [4.69, 9.17) is 4.42 Å². The second kappa shape index (κ2) is 7.00. The maximum absolute atomic E-state index is 13.0. The Labute approximate surface area is 148 Å². The van der Waals surface area contributed by atoms with Crippen LogP contribution in [0.2, 0.25) is 0 Å². The van der Waals surface area contributed by atoms with Gasteiger partial charge in [0.1, 0.15) is 6.26 Å². The number of carbonyl (C=O) groups is 1. The zero-order valence-corrected chi connectivity index (χ0v) is 14.8. The van der Waals surface area contributed by atoms with Crippen molar-refractivity contribution in [3.05, 3.63) is 53.2 Å². The van der Waals surface area contributed by atoms with Crippen molar-refractivity contribution in [2.75, 3.05) is 19.6 Å². The summed E-state index contributed by atoms with van der Waals surface area (Å²) in [6, 6.07) is 8.48. The first-order chi connectivity index (χ1) is 12.2. The maximum Gasteiger partial charge on any atom is 0.227 e. The molecule has 2 aliphatic heterocycles. The van der Waals surface area contributed by atoms with Crippen LogP contribution in [0, 0.1) is 12.8 Å². The van der Waals surface area contributed by atoms with E-state index >= 15 is 0 Å². The average molecular weight is 339 g/mol. The van der Waals surface area contributed by atoms with Crippen molar-refractivity contribution in [1.82, 2.24) is 14.8 Å². The molecule has 5 nitrogen and oxygen atoms in total. The summed E-state index contributed by atoms with van der Waals surface area (Å²) in [4.78, 5) is 21.8. The van der Waals surface area contributed by atoms with Crippen LogP contribution < -0.4 is 0 Å². The summed E-state index contributed by atoms with van der Waals surface area (Å²) in [5, 5.41) is 0. The predicted octanol–water partition coefficient (Wildman–Crippen LogP) is 2.78. The molecule has 2 aliphatic rings. The third kappa shape index (κ3) is 3.61. The van der Waals surface area contributed by atoms with Crippen LogP contribution in [0.25, 0.3) is 0 Å². The molecule has 1 aromatic carbocycles. The molecular formula is C20H25N3O2. The largest absolute Gasteiger partial charge is 0.449 e. The number of oxazole rings is 1. The number of hydrogen-bond acceptors (Lipinski definition) is 4. The van der Waals surface area contributed by atoms with Crippen LogP contribution >= 0.6 is 0 Å². The van der Waals surface area contributed by atoms with E-state index in [1.165, 1.54) is 11.1 Å². The lowest BCUT2D eigenvalue weighted by atomic mass is 9.94. The summed E-state index contributed by atoms with van der Waals surface area (Å²) >= 11 is 0. The molecule has 0 spiro atoms. The van der Waals surface area contributed by atoms with Crippen LogP contribution in [-0.4, -0.2) is 40.3 Å². The van der Waals surface area contributed by atoms with E-state index in [1.54, 1.807) is 6.26 Å². The van der Waals surface area contributed by atoms with E-state index in [9.17, 15) is 4.79 Å². The monoisotopic (exact) mass is 339 g/mol. The summed E-state index contributed by atoms with van der Waals surface area (Å²) < 4.78 is 5.30. The van der Waals surface area contributed by atoms with Gasteiger partial charge in [-0.1, -0.05) is 24.3 Å². The summed E-state index contributed by atoms with van der Waals surface area (Å²) in [6.07, 6.45) is 4.75. The van der Waals surface area contributed by atoms with Crippen molar-refractivity contribution in [3.8, 4) is 0 Å². The highest BCUT2D eigenvalue weighted by Crippen LogP contribution is 2.24. The van der Waals surface area contributed by atoms with Crippen LogP contribution in [-0.2, 0) is 24.3 Å². The van der Waals surface area contributed by atoms with E-state index in [0.29, 0.717) is 11.8 Å². The topological polar surface area (TPSA) is 49.6 Å². The smallest absolute Gasteiger partial charge is 0.227 e. The van der Waals surface area contributed by atoms with Crippen LogP contribution in [0.4, 0.5) is 0 Å². The quantitative estimate of drug-likeness (QED) is 0.863. The van der Waals surface area contributed by atoms with E-state index in [0.717, 1.165) is 57.7 Å². The Bertz CT molecular complexity index is 755. The third-order valence-electron chi connectivity index (χ3n) is 5.35. The van der Waals surface area contributed by atoms with Gasteiger partial charge in [-0.2, -0.15) is 0 Å². The number of benzene rings is 1. The molecule has 132 valence electrons. The van der Waals surface area contributed by atoms with Crippen molar-refractivity contribution in [1.29, 1.82) is 0 Å². The van der Waals surface area contributed by atoms with Gasteiger partial charge in [-0.25, -0.2) is 4.98 Å². The Morgan fingerprint density at radius 2 is 2.12 bits per heavy atom. The Morgan fingerprint density at radius 1 is 1.28 bits per heavy atom. The highest BCUT2D eigenvalue weighted by atomic mass is 16.3. The second-order valence-electron chi connectivity index (χ2n) is 7.21. The van der Waals surface area contributed by atoms with Gasteiger partial charge in [0.2, 0.25) is 5.91 Å². The molecule has 1 saturated heterocycles. The van der Waals surface area contributed by atoms with Gasteiger partial charge in [0.25, 0.3) is 0 Å². The fourth-order valence-electron chi connectivity index (χ4n) is 4.05. The van der Waals surface area contributed by atoms with Gasteiger partial charge in [-0.05, 0) is 36.9 Å². The number of piperidine rings is 1. The lowest BCUT2D eigenvalue weighted by Gasteiger charge is -2.36. The summed E-state index contributed by atoms with van der Waals surface area (Å²) in [5.74, 6) is 1.12. The molecule has 25 heavy (non-hydrogen) atoms. The molecule has 0 aliphatic carbocycles. The van der Waals surface area contributed by atoms with Crippen molar-refractivity contribution in [3.63, 3.8) is 0 Å². The molecule has 5 heteroatoms. The Kier molecular flexibility index (Phi) is 4.57. The second-order valence-corrected chi connectivity index (χ2v) is 7.21. The van der Waals surface area contributed by atoms with Gasteiger partial charge in [-0.3, -0.25) is 9.69 Å². The summed E-state index contributed by atoms with van der Waals surface area (Å²) in [7, 11) is 0. The van der Waals surface area contributed by atoms with Gasteiger partial charge in [-0.15, -0.1) is 0 Å². The first kappa shape index (κ1) is 16.3. The molecule has 0 saturated carbocycles. The molecular weight excluding hydrogens is 314 g/mol. The minimum atomic E-state index is 0.104. The van der Waals surface area contributed by atoms with Crippen LogP contribution in [0.1, 0.15) is 35.6 Å². The number of nitrogens with zero attached hydrogens (tertiary/aromatic N) is 3. The fourth-order valence-corrected chi connectivity index (χ4v) is 4.05. The number of fused-ring (bicyclic) bond motifs is 1. The van der Waals surface area contributed by atoms with E-state index in [-0.39, 0.29) is 5.92 Å². The van der Waals surface area contributed by atoms with Gasteiger partial charge in [0.05, 0.1) is 11.6 Å². The highest BCUT2D eigenvalue weighted by molar-refractivity contribution is 5.79. The SMILES string of the molecule is Cc1nc(CN2CCCC(C(=O)N3CCc4ccccc4C3)C2)co1. The van der Waals surface area contributed by atoms with Gasteiger partial charge < -0.3 is 9.32 Å². The zero-order chi connectivity index (χ0) is 17.2. The fraction of sp³-hybridized carbons (Fsp3) is 0.500. The number of rotatable bonds is 3. The molecule has 3 heterocycles. The zero-order valence-electron chi connectivity index (χ0n) is 14.8. The van der Waals surface area contributed by atoms with E-state index < -0.39 is 0 Å². The number of likely N-dealkylation sites (tertiary alicyclic amines) is 1. The van der Waals surface area contributed by atoms with Gasteiger partial charge in [0, 0.05) is 33.1 Å². The van der Waals surface area contributed by atoms with E-state index in [2.05, 4.69) is 39.0 Å². The standard InChI is InChI=1S/C20H25N3O2/c1-15-21-19(14-25-15)13-22-9-4-7-18(11-22)20(24)23-10-8-16-5-2-3-6-17(16)12-23/h2-3,5-6,14,18H,4,7-13H2,1H3. The summed E-state index contributed by atoms with van der Waals surface area (Å²) in [5.41, 5.74) is 3.64. The Hall–Kier alpha value is -2.14.